The summed E-state index contributed by atoms with van der Waals surface area (Å²) in [6.45, 7) is 1.74. The number of hydrogen-bond donors (Lipinski definition) is 1. The van der Waals surface area contributed by atoms with Gasteiger partial charge >= 0.3 is 0 Å². The van der Waals surface area contributed by atoms with Crippen molar-refractivity contribution in [3.63, 3.8) is 0 Å². The Morgan fingerprint density at radius 2 is 2.11 bits per heavy atom. The normalized spacial score (nSPS) is 10.9. The van der Waals surface area contributed by atoms with Crippen LogP contribution in [0.1, 0.15) is 11.3 Å². The molecule has 1 N–H and O–H groups in total. The highest BCUT2D eigenvalue weighted by Gasteiger charge is 2.03. The van der Waals surface area contributed by atoms with Crippen molar-refractivity contribution in [3.8, 4) is 0 Å². The SMILES string of the molecule is Cc1cc(NC(=O)/C=C/c2ccc(Cl)c(Cl)c2)no1. The zero-order chi connectivity index (χ0) is 13.8. The monoisotopic (exact) mass is 296 g/mol. The van der Waals surface area contributed by atoms with Gasteiger partial charge in [-0.25, -0.2) is 0 Å². The molecular weight excluding hydrogens is 287 g/mol. The molecule has 0 spiro atoms. The second-order valence-electron chi connectivity index (χ2n) is 3.82. The minimum atomic E-state index is -0.306. The number of aromatic nitrogens is 1. The molecule has 1 aromatic heterocycles. The highest BCUT2D eigenvalue weighted by atomic mass is 35.5. The Hall–Kier alpha value is -1.78. The molecule has 1 aromatic carbocycles. The molecule has 0 radical (unpaired) electrons. The van der Waals surface area contributed by atoms with Crippen molar-refractivity contribution in [1.29, 1.82) is 0 Å². The molecule has 0 saturated carbocycles. The molecule has 1 amide bonds. The van der Waals surface area contributed by atoms with Crippen molar-refractivity contribution in [2.45, 2.75) is 6.92 Å². The summed E-state index contributed by atoms with van der Waals surface area (Å²) in [5.41, 5.74) is 0.779. The van der Waals surface area contributed by atoms with Crippen molar-refractivity contribution in [3.05, 3.63) is 51.7 Å². The number of anilines is 1. The molecule has 0 atom stereocenters. The maximum absolute atomic E-state index is 11.6. The minimum Gasteiger partial charge on any atom is -0.360 e. The van der Waals surface area contributed by atoms with Crippen molar-refractivity contribution in [2.24, 2.45) is 0 Å². The van der Waals surface area contributed by atoms with Gasteiger partial charge in [0.1, 0.15) is 5.76 Å². The molecule has 0 aliphatic carbocycles. The average molecular weight is 297 g/mol. The Bertz CT molecular complexity index is 635. The summed E-state index contributed by atoms with van der Waals surface area (Å²) in [6.07, 6.45) is 3.01. The lowest BCUT2D eigenvalue weighted by Crippen LogP contribution is -2.07. The van der Waals surface area contributed by atoms with Gasteiger partial charge in [0.25, 0.3) is 0 Å². The molecule has 0 aliphatic rings. The van der Waals surface area contributed by atoms with E-state index in [1.54, 1.807) is 37.3 Å². The summed E-state index contributed by atoms with van der Waals surface area (Å²) in [6, 6.07) is 6.74. The molecule has 0 fully saturated rings. The van der Waals surface area contributed by atoms with Crippen molar-refractivity contribution < 1.29 is 9.32 Å². The number of nitrogens with one attached hydrogen (secondary N) is 1. The van der Waals surface area contributed by atoms with E-state index in [2.05, 4.69) is 10.5 Å². The van der Waals surface area contributed by atoms with Gasteiger partial charge < -0.3 is 9.84 Å². The molecule has 2 rings (SSSR count). The Labute approximate surface area is 120 Å². The number of aryl methyl sites for hydroxylation is 1. The van der Waals surface area contributed by atoms with Crippen LogP contribution in [0, 0.1) is 6.92 Å². The maximum Gasteiger partial charge on any atom is 0.249 e. The summed E-state index contributed by atoms with van der Waals surface area (Å²) in [5, 5.41) is 7.14. The van der Waals surface area contributed by atoms with E-state index < -0.39 is 0 Å². The van der Waals surface area contributed by atoms with Gasteiger partial charge in [0.2, 0.25) is 5.91 Å². The van der Waals surface area contributed by atoms with Crippen LogP contribution in [0.5, 0.6) is 0 Å². The number of carbonyl (C=O) groups is 1. The van der Waals surface area contributed by atoms with E-state index in [4.69, 9.17) is 27.7 Å². The molecule has 98 valence electrons. The molecule has 2 aromatic rings. The summed E-state index contributed by atoms with van der Waals surface area (Å²) >= 11 is 11.7. The number of hydrogen-bond acceptors (Lipinski definition) is 3. The van der Waals surface area contributed by atoms with Gasteiger partial charge in [0.15, 0.2) is 5.82 Å². The Morgan fingerprint density at radius 1 is 1.32 bits per heavy atom. The molecule has 1 heterocycles. The fourth-order valence-electron chi connectivity index (χ4n) is 1.38. The fourth-order valence-corrected chi connectivity index (χ4v) is 1.69. The third-order valence-electron chi connectivity index (χ3n) is 2.25. The van der Waals surface area contributed by atoms with Crippen LogP contribution in [-0.4, -0.2) is 11.1 Å². The van der Waals surface area contributed by atoms with E-state index in [1.165, 1.54) is 6.08 Å². The standard InChI is InChI=1S/C13H10Cl2N2O2/c1-8-6-12(17-19-8)16-13(18)5-3-9-2-4-10(14)11(15)7-9/h2-7H,1H3,(H,16,17,18)/b5-3+. The van der Waals surface area contributed by atoms with E-state index in [-0.39, 0.29) is 5.91 Å². The Morgan fingerprint density at radius 3 is 2.74 bits per heavy atom. The summed E-state index contributed by atoms with van der Waals surface area (Å²) < 4.78 is 4.84. The molecule has 0 saturated heterocycles. The van der Waals surface area contributed by atoms with Gasteiger partial charge in [0.05, 0.1) is 10.0 Å². The molecule has 19 heavy (non-hydrogen) atoms. The van der Waals surface area contributed by atoms with Crippen molar-refractivity contribution in [2.75, 3.05) is 5.32 Å². The Balaban J connectivity index is 2.01. The summed E-state index contributed by atoms with van der Waals surface area (Å²) in [4.78, 5) is 11.6. The predicted molar refractivity (Wildman–Crippen MR) is 75.4 cm³/mol. The lowest BCUT2D eigenvalue weighted by Gasteiger charge is -1.98. The topological polar surface area (TPSA) is 55.1 Å². The molecule has 0 unspecified atom stereocenters. The first-order chi connectivity index (χ1) is 9.04. The predicted octanol–water partition coefficient (Wildman–Crippen LogP) is 3.94. The van der Waals surface area contributed by atoms with Gasteiger partial charge in [-0.2, -0.15) is 0 Å². The summed E-state index contributed by atoms with van der Waals surface area (Å²) in [5.74, 6) is 0.699. The fraction of sp³-hybridized carbons (Fsp3) is 0.0769. The van der Waals surface area contributed by atoms with Crippen molar-refractivity contribution in [1.82, 2.24) is 5.16 Å². The second-order valence-corrected chi connectivity index (χ2v) is 4.63. The van der Waals surface area contributed by atoms with Gasteiger partial charge in [-0.3, -0.25) is 4.79 Å². The van der Waals surface area contributed by atoms with E-state index in [9.17, 15) is 4.79 Å². The van der Waals surface area contributed by atoms with E-state index in [1.807, 2.05) is 0 Å². The zero-order valence-corrected chi connectivity index (χ0v) is 11.5. The first kappa shape index (κ1) is 13.6. The highest BCUT2D eigenvalue weighted by molar-refractivity contribution is 6.42. The van der Waals surface area contributed by atoms with Gasteiger partial charge in [-0.1, -0.05) is 34.4 Å². The van der Waals surface area contributed by atoms with E-state index >= 15 is 0 Å². The molecule has 4 nitrogen and oxygen atoms in total. The van der Waals surface area contributed by atoms with E-state index in [0.717, 1.165) is 5.56 Å². The third-order valence-corrected chi connectivity index (χ3v) is 2.99. The lowest BCUT2D eigenvalue weighted by atomic mass is 10.2. The number of rotatable bonds is 3. The number of nitrogens with zero attached hydrogens (tertiary/aromatic N) is 1. The first-order valence-electron chi connectivity index (χ1n) is 5.42. The quantitative estimate of drug-likeness (QED) is 0.873. The minimum absolute atomic E-state index is 0.306. The largest absolute Gasteiger partial charge is 0.360 e. The smallest absolute Gasteiger partial charge is 0.249 e. The molecule has 0 bridgehead atoms. The molecule has 6 heteroatoms. The van der Waals surface area contributed by atoms with Crippen LogP contribution in [0.25, 0.3) is 6.08 Å². The average Bonchev–Trinajstić information content (AvgIpc) is 2.76. The van der Waals surface area contributed by atoms with Gasteiger partial charge in [-0.15, -0.1) is 0 Å². The van der Waals surface area contributed by atoms with Crippen LogP contribution in [0.15, 0.2) is 34.9 Å². The van der Waals surface area contributed by atoms with Crippen LogP contribution in [-0.2, 0) is 4.79 Å². The number of carbonyl (C=O) groups excluding carboxylic acids is 1. The summed E-state index contributed by atoms with van der Waals surface area (Å²) in [7, 11) is 0. The van der Waals surface area contributed by atoms with Crippen LogP contribution in [0.3, 0.4) is 0 Å². The third kappa shape index (κ3) is 3.84. The lowest BCUT2D eigenvalue weighted by molar-refractivity contribution is -0.111. The maximum atomic E-state index is 11.6. The van der Waals surface area contributed by atoms with Gasteiger partial charge in [0, 0.05) is 12.1 Å². The first-order valence-corrected chi connectivity index (χ1v) is 6.17. The van der Waals surface area contributed by atoms with Crippen LogP contribution in [0.4, 0.5) is 5.82 Å². The van der Waals surface area contributed by atoms with Crippen LogP contribution >= 0.6 is 23.2 Å². The van der Waals surface area contributed by atoms with E-state index in [0.29, 0.717) is 21.6 Å². The second kappa shape index (κ2) is 5.91. The van der Waals surface area contributed by atoms with Crippen molar-refractivity contribution >= 4 is 41.0 Å². The Kier molecular flexibility index (Phi) is 4.24. The van der Waals surface area contributed by atoms with Crippen LogP contribution < -0.4 is 5.32 Å². The number of amides is 1. The molecular formula is C13H10Cl2N2O2. The number of halogens is 2. The van der Waals surface area contributed by atoms with Gasteiger partial charge in [-0.05, 0) is 30.7 Å². The zero-order valence-electron chi connectivity index (χ0n) is 9.98. The molecule has 0 aliphatic heterocycles. The number of benzene rings is 1. The van der Waals surface area contributed by atoms with Crippen LogP contribution in [0.2, 0.25) is 10.0 Å². The highest BCUT2D eigenvalue weighted by Crippen LogP contribution is 2.23.